The first-order valence-electron chi connectivity index (χ1n) is 10.5. The predicted molar refractivity (Wildman–Crippen MR) is 135 cm³/mol. The van der Waals surface area contributed by atoms with Crippen LogP contribution in [0.5, 0.6) is 5.75 Å². The fourth-order valence-electron chi connectivity index (χ4n) is 3.28. The molecule has 1 amide bonds. The molecular weight excluding hydrogens is 474 g/mol. The second-order valence-electron chi connectivity index (χ2n) is 7.71. The lowest BCUT2D eigenvalue weighted by Crippen LogP contribution is -2.26. The maximum absolute atomic E-state index is 13.0. The zero-order chi connectivity index (χ0) is 24.7. The van der Waals surface area contributed by atoms with Crippen LogP contribution in [0.15, 0.2) is 76.0 Å². The van der Waals surface area contributed by atoms with Crippen LogP contribution in [-0.4, -0.2) is 53.3 Å². The molecule has 0 spiro atoms. The smallest absolute Gasteiger partial charge is 0.284 e. The van der Waals surface area contributed by atoms with Crippen LogP contribution in [0.25, 0.3) is 11.1 Å². The van der Waals surface area contributed by atoms with E-state index < -0.39 is 10.0 Å². The maximum Gasteiger partial charge on any atom is 0.284 e. The SMILES string of the molecule is COc1ccc(Cl)cc1C(=O)NCCc1ccc(-c2ccccc2)c(S(=O)(=O)/N=C\N(C)C)c1. The Kier molecular flexibility index (Phi) is 8.31. The summed E-state index contributed by atoms with van der Waals surface area (Å²) in [5, 5.41) is 3.26. The molecule has 0 aromatic heterocycles. The van der Waals surface area contributed by atoms with Gasteiger partial charge in [0.2, 0.25) is 0 Å². The van der Waals surface area contributed by atoms with E-state index in [9.17, 15) is 13.2 Å². The minimum atomic E-state index is -3.95. The lowest BCUT2D eigenvalue weighted by molar-refractivity contribution is 0.0951. The Hall–Kier alpha value is -3.36. The molecule has 1 N–H and O–H groups in total. The van der Waals surface area contributed by atoms with Crippen molar-refractivity contribution >= 4 is 33.9 Å². The summed E-state index contributed by atoms with van der Waals surface area (Å²) in [7, 11) is 0.935. The molecule has 3 aromatic carbocycles. The number of methoxy groups -OCH3 is 1. The number of nitrogens with one attached hydrogen (secondary N) is 1. The summed E-state index contributed by atoms with van der Waals surface area (Å²) in [5.41, 5.74) is 2.41. The first-order valence-corrected chi connectivity index (χ1v) is 12.3. The molecule has 0 saturated heterocycles. The fourth-order valence-corrected chi connectivity index (χ4v) is 4.64. The van der Waals surface area contributed by atoms with Crippen molar-refractivity contribution in [1.29, 1.82) is 0 Å². The quantitative estimate of drug-likeness (QED) is 0.351. The van der Waals surface area contributed by atoms with Gasteiger partial charge < -0.3 is 15.0 Å². The number of nitrogens with zero attached hydrogens (tertiary/aromatic N) is 2. The highest BCUT2D eigenvalue weighted by Gasteiger charge is 2.19. The molecule has 0 aliphatic heterocycles. The number of hydrogen-bond acceptors (Lipinski definition) is 4. The van der Waals surface area contributed by atoms with Gasteiger partial charge in [0.15, 0.2) is 0 Å². The monoisotopic (exact) mass is 499 g/mol. The number of benzene rings is 3. The summed E-state index contributed by atoms with van der Waals surface area (Å²) < 4.78 is 35.1. The van der Waals surface area contributed by atoms with Crippen LogP contribution in [0, 0.1) is 0 Å². The molecule has 0 saturated carbocycles. The van der Waals surface area contributed by atoms with Crippen molar-refractivity contribution in [3.63, 3.8) is 0 Å². The van der Waals surface area contributed by atoms with Crippen molar-refractivity contribution in [3.05, 3.63) is 82.9 Å². The number of sulfonamides is 1. The summed E-state index contributed by atoms with van der Waals surface area (Å²) in [6.45, 7) is 0.291. The summed E-state index contributed by atoms with van der Waals surface area (Å²) in [6, 6.07) is 19.3. The Morgan fingerprint density at radius 2 is 1.82 bits per heavy atom. The highest BCUT2D eigenvalue weighted by Crippen LogP contribution is 2.30. The van der Waals surface area contributed by atoms with Gasteiger partial charge in [-0.05, 0) is 41.8 Å². The molecule has 0 heterocycles. The number of hydrogen-bond donors (Lipinski definition) is 1. The molecule has 0 bridgehead atoms. The lowest BCUT2D eigenvalue weighted by Gasteiger charge is -2.13. The molecule has 3 aromatic rings. The average Bonchev–Trinajstić information content (AvgIpc) is 2.83. The van der Waals surface area contributed by atoms with Crippen LogP contribution >= 0.6 is 11.6 Å². The molecule has 3 rings (SSSR count). The van der Waals surface area contributed by atoms with Crippen LogP contribution < -0.4 is 10.1 Å². The molecule has 0 aliphatic rings. The van der Waals surface area contributed by atoms with Crippen molar-refractivity contribution < 1.29 is 17.9 Å². The third-order valence-electron chi connectivity index (χ3n) is 4.93. The average molecular weight is 500 g/mol. The molecule has 178 valence electrons. The third kappa shape index (κ3) is 6.36. The number of halogens is 1. The van der Waals surface area contributed by atoms with E-state index in [0.717, 1.165) is 11.1 Å². The van der Waals surface area contributed by atoms with Gasteiger partial charge in [0.05, 0.1) is 17.6 Å². The summed E-state index contributed by atoms with van der Waals surface area (Å²) in [5.74, 6) is 0.0879. The van der Waals surface area contributed by atoms with Gasteiger partial charge in [-0.25, -0.2) is 0 Å². The van der Waals surface area contributed by atoms with Gasteiger partial charge in [0, 0.05) is 31.2 Å². The molecule has 0 radical (unpaired) electrons. The topological polar surface area (TPSA) is 88.1 Å². The number of carbonyl (C=O) groups excluding carboxylic acids is 1. The van der Waals surface area contributed by atoms with Gasteiger partial charge >= 0.3 is 0 Å². The van der Waals surface area contributed by atoms with E-state index in [2.05, 4.69) is 9.71 Å². The third-order valence-corrected chi connectivity index (χ3v) is 6.43. The molecule has 0 aliphatic carbocycles. The van der Waals surface area contributed by atoms with Crippen LogP contribution in [0.2, 0.25) is 5.02 Å². The summed E-state index contributed by atoms with van der Waals surface area (Å²) >= 11 is 6.01. The molecule has 7 nitrogen and oxygen atoms in total. The first-order chi connectivity index (χ1) is 16.2. The fraction of sp³-hybridized carbons (Fsp3) is 0.200. The van der Waals surface area contributed by atoms with Gasteiger partial charge in [-0.2, -0.15) is 8.42 Å². The van der Waals surface area contributed by atoms with E-state index in [-0.39, 0.29) is 10.8 Å². The Balaban J connectivity index is 1.85. The largest absolute Gasteiger partial charge is 0.496 e. The summed E-state index contributed by atoms with van der Waals surface area (Å²) in [4.78, 5) is 14.3. The van der Waals surface area contributed by atoms with Gasteiger partial charge in [-0.1, -0.05) is 54.1 Å². The number of carbonyl (C=O) groups is 1. The minimum Gasteiger partial charge on any atom is -0.496 e. The van der Waals surface area contributed by atoms with Crippen molar-refractivity contribution in [2.45, 2.75) is 11.3 Å². The number of amides is 1. The molecule has 34 heavy (non-hydrogen) atoms. The first kappa shape index (κ1) is 25.3. The number of ether oxygens (including phenoxy) is 1. The van der Waals surface area contributed by atoms with E-state index >= 15 is 0 Å². The molecule has 9 heteroatoms. The normalized spacial score (nSPS) is 11.4. The van der Waals surface area contributed by atoms with E-state index in [1.54, 1.807) is 43.3 Å². The van der Waals surface area contributed by atoms with Crippen LogP contribution in [-0.2, 0) is 16.4 Å². The minimum absolute atomic E-state index is 0.108. The van der Waals surface area contributed by atoms with Gasteiger partial charge in [-0.3, -0.25) is 4.79 Å². The predicted octanol–water partition coefficient (Wildman–Crippen LogP) is 4.27. The molecular formula is C25H26ClN3O4S. The van der Waals surface area contributed by atoms with E-state index in [1.165, 1.54) is 19.5 Å². The Morgan fingerprint density at radius 3 is 2.50 bits per heavy atom. The van der Waals surface area contributed by atoms with Crippen LogP contribution in [0.3, 0.4) is 0 Å². The van der Waals surface area contributed by atoms with E-state index in [0.29, 0.717) is 34.9 Å². The highest BCUT2D eigenvalue weighted by atomic mass is 35.5. The maximum atomic E-state index is 13.0. The van der Waals surface area contributed by atoms with Crippen LogP contribution in [0.1, 0.15) is 15.9 Å². The van der Waals surface area contributed by atoms with Crippen molar-refractivity contribution in [1.82, 2.24) is 10.2 Å². The van der Waals surface area contributed by atoms with Crippen molar-refractivity contribution in [2.75, 3.05) is 27.7 Å². The van der Waals surface area contributed by atoms with Gasteiger partial charge in [0.1, 0.15) is 12.1 Å². The Labute approximate surface area is 205 Å². The van der Waals surface area contributed by atoms with Crippen LogP contribution in [0.4, 0.5) is 0 Å². The standard InChI is InChI=1S/C25H26ClN3O4S/c1-29(2)17-28-34(31,32)24-15-18(9-11-21(24)19-7-5-4-6-8-19)13-14-27-25(30)22-16-20(26)10-12-23(22)33-3/h4-12,15-17H,13-14H2,1-3H3,(H,27,30)/b28-17-. The molecule has 0 fully saturated rings. The summed E-state index contributed by atoms with van der Waals surface area (Å²) in [6.07, 6.45) is 1.68. The second kappa shape index (κ2) is 11.2. The molecule has 0 unspecified atom stereocenters. The van der Waals surface area contributed by atoms with Gasteiger partial charge in [-0.15, -0.1) is 4.40 Å². The van der Waals surface area contributed by atoms with Gasteiger partial charge in [0.25, 0.3) is 15.9 Å². The molecule has 0 atom stereocenters. The number of rotatable bonds is 9. The zero-order valence-corrected chi connectivity index (χ0v) is 20.7. The van der Waals surface area contributed by atoms with Crippen molar-refractivity contribution in [2.24, 2.45) is 4.40 Å². The second-order valence-corrected chi connectivity index (χ2v) is 9.74. The zero-order valence-electron chi connectivity index (χ0n) is 19.2. The Bertz CT molecular complexity index is 1290. The van der Waals surface area contributed by atoms with Crippen molar-refractivity contribution in [3.8, 4) is 16.9 Å². The van der Waals surface area contributed by atoms with E-state index in [4.69, 9.17) is 16.3 Å². The van der Waals surface area contributed by atoms with E-state index in [1.807, 2.05) is 36.4 Å². The Morgan fingerprint density at radius 1 is 1.09 bits per heavy atom. The highest BCUT2D eigenvalue weighted by molar-refractivity contribution is 7.90. The lowest BCUT2D eigenvalue weighted by atomic mass is 10.0.